The van der Waals surface area contributed by atoms with Crippen LogP contribution in [-0.4, -0.2) is 21.7 Å². The molecule has 9 nitrogen and oxygen atoms in total. The summed E-state index contributed by atoms with van der Waals surface area (Å²) in [6.07, 6.45) is 0. The van der Waals surface area contributed by atoms with Gasteiger partial charge < -0.3 is 15.2 Å². The van der Waals surface area contributed by atoms with E-state index in [0.717, 1.165) is 11.3 Å². The van der Waals surface area contributed by atoms with Gasteiger partial charge in [-0.25, -0.2) is 0 Å². The number of nitro benzene ring substituents is 1. The molecule has 0 radical (unpaired) electrons. The van der Waals surface area contributed by atoms with Crippen molar-refractivity contribution in [1.82, 2.24) is 10.2 Å². The van der Waals surface area contributed by atoms with Crippen molar-refractivity contribution in [1.29, 1.82) is 5.26 Å². The number of allylic oxidation sites excluding steroid dienone is 1. The molecule has 2 aromatic carbocycles. The largest absolute Gasteiger partial charge is 0.494 e. The Bertz CT molecular complexity index is 1190. The predicted molar refractivity (Wildman–Crippen MR) is 108 cm³/mol. The number of aromatic amines is 1. The zero-order valence-electron chi connectivity index (χ0n) is 16.0. The van der Waals surface area contributed by atoms with Gasteiger partial charge in [0.05, 0.1) is 28.7 Å². The number of nitro groups is 1. The van der Waals surface area contributed by atoms with E-state index in [0.29, 0.717) is 23.4 Å². The summed E-state index contributed by atoms with van der Waals surface area (Å²) in [6.45, 7) is 2.46. The maximum atomic E-state index is 11.3. The van der Waals surface area contributed by atoms with Gasteiger partial charge in [-0.15, -0.1) is 5.10 Å². The topological polar surface area (TPSA) is 140 Å². The van der Waals surface area contributed by atoms with Gasteiger partial charge in [-0.3, -0.25) is 15.2 Å². The van der Waals surface area contributed by atoms with Crippen molar-refractivity contribution in [2.45, 2.75) is 12.8 Å². The smallest absolute Gasteiger partial charge is 0.269 e. The molecule has 0 unspecified atom stereocenters. The van der Waals surface area contributed by atoms with E-state index < -0.39 is 10.8 Å². The Labute approximate surface area is 171 Å². The first-order valence-electron chi connectivity index (χ1n) is 9.17. The van der Waals surface area contributed by atoms with Crippen molar-refractivity contribution in [2.24, 2.45) is 5.73 Å². The van der Waals surface area contributed by atoms with E-state index in [9.17, 15) is 15.4 Å². The van der Waals surface area contributed by atoms with Crippen LogP contribution >= 0.6 is 0 Å². The molecule has 150 valence electrons. The molecule has 3 N–H and O–H groups in total. The van der Waals surface area contributed by atoms with Crippen molar-refractivity contribution < 1.29 is 14.4 Å². The normalized spacial score (nSPS) is 15.1. The van der Waals surface area contributed by atoms with Gasteiger partial charge in [-0.2, -0.15) is 5.26 Å². The summed E-state index contributed by atoms with van der Waals surface area (Å²) >= 11 is 0. The lowest BCUT2D eigenvalue weighted by Crippen LogP contribution is -2.21. The molecule has 2 heterocycles. The van der Waals surface area contributed by atoms with Gasteiger partial charge in [-0.05, 0) is 36.8 Å². The average molecular weight is 403 g/mol. The van der Waals surface area contributed by atoms with Crippen LogP contribution in [0.25, 0.3) is 11.3 Å². The number of nitrogens with two attached hydrogens (primary N) is 1. The number of nitrogens with one attached hydrogen (secondary N) is 1. The Morgan fingerprint density at radius 2 is 2.10 bits per heavy atom. The van der Waals surface area contributed by atoms with Gasteiger partial charge in [0.1, 0.15) is 17.4 Å². The van der Waals surface area contributed by atoms with Crippen LogP contribution in [0.1, 0.15) is 24.0 Å². The van der Waals surface area contributed by atoms with Crippen LogP contribution < -0.4 is 15.2 Å². The highest BCUT2D eigenvalue weighted by molar-refractivity contribution is 5.71. The fourth-order valence-corrected chi connectivity index (χ4v) is 3.50. The van der Waals surface area contributed by atoms with Crippen molar-refractivity contribution in [2.75, 3.05) is 6.61 Å². The second-order valence-electron chi connectivity index (χ2n) is 6.55. The summed E-state index contributed by atoms with van der Waals surface area (Å²) in [5.41, 5.74) is 8.60. The molecule has 0 aliphatic carbocycles. The number of non-ortho nitro benzene ring substituents is 1. The van der Waals surface area contributed by atoms with Crippen molar-refractivity contribution in [3.63, 3.8) is 0 Å². The summed E-state index contributed by atoms with van der Waals surface area (Å²) in [6, 6.07) is 15.6. The summed E-state index contributed by atoms with van der Waals surface area (Å²) in [5.74, 6) is 0.208. The molecule has 0 amide bonds. The Balaban J connectivity index is 1.88. The zero-order valence-corrected chi connectivity index (χ0v) is 16.0. The van der Waals surface area contributed by atoms with Crippen LogP contribution in [0.15, 0.2) is 60.0 Å². The number of hydrogen-bond acceptors (Lipinski definition) is 7. The standard InChI is InChI=1S/C21H17N5O4/c1-2-29-15-8-6-12(7-9-15)19-18-17(13-4-3-5-14(10-13)26(27)28)16(11-22)20(23)30-21(18)25-24-19/h3-10,17H,2,23H2,1H3,(H,24,25)/t17-/m1/s1. The highest BCUT2D eigenvalue weighted by Gasteiger charge is 2.36. The first-order chi connectivity index (χ1) is 14.5. The summed E-state index contributed by atoms with van der Waals surface area (Å²) in [7, 11) is 0. The van der Waals surface area contributed by atoms with E-state index in [2.05, 4.69) is 16.3 Å². The molecule has 1 aliphatic rings. The Morgan fingerprint density at radius 1 is 1.33 bits per heavy atom. The van der Waals surface area contributed by atoms with Gasteiger partial charge in [0.2, 0.25) is 11.8 Å². The number of hydrogen-bond donors (Lipinski definition) is 2. The van der Waals surface area contributed by atoms with E-state index in [1.807, 2.05) is 31.2 Å². The number of nitrogens with zero attached hydrogens (tertiary/aromatic N) is 3. The first kappa shape index (κ1) is 19.0. The molecule has 0 spiro atoms. The first-order valence-corrected chi connectivity index (χ1v) is 9.17. The van der Waals surface area contributed by atoms with Crippen LogP contribution in [0.3, 0.4) is 0 Å². The Morgan fingerprint density at radius 3 is 2.77 bits per heavy atom. The van der Waals surface area contributed by atoms with Gasteiger partial charge in [0.25, 0.3) is 5.69 Å². The van der Waals surface area contributed by atoms with Gasteiger partial charge >= 0.3 is 0 Å². The highest BCUT2D eigenvalue weighted by atomic mass is 16.6. The maximum Gasteiger partial charge on any atom is 0.269 e. The van der Waals surface area contributed by atoms with Crippen LogP contribution in [-0.2, 0) is 0 Å². The molecule has 0 saturated carbocycles. The zero-order chi connectivity index (χ0) is 21.3. The lowest BCUT2D eigenvalue weighted by molar-refractivity contribution is -0.384. The minimum Gasteiger partial charge on any atom is -0.494 e. The van der Waals surface area contributed by atoms with Crippen molar-refractivity contribution in [3.8, 4) is 29.0 Å². The number of fused-ring (bicyclic) bond motifs is 1. The van der Waals surface area contributed by atoms with E-state index >= 15 is 0 Å². The van der Waals surface area contributed by atoms with Gasteiger partial charge in [0, 0.05) is 17.7 Å². The molecule has 30 heavy (non-hydrogen) atoms. The average Bonchev–Trinajstić information content (AvgIpc) is 3.16. The quantitative estimate of drug-likeness (QED) is 0.490. The number of benzene rings is 2. The Hall–Kier alpha value is -4.32. The van der Waals surface area contributed by atoms with E-state index in [1.165, 1.54) is 12.1 Å². The van der Waals surface area contributed by atoms with E-state index in [4.69, 9.17) is 15.2 Å². The predicted octanol–water partition coefficient (Wildman–Crippen LogP) is 3.60. The molecule has 1 aliphatic heterocycles. The number of H-pyrrole nitrogens is 1. The third kappa shape index (κ3) is 3.20. The van der Waals surface area contributed by atoms with Gasteiger partial charge in [0.15, 0.2) is 0 Å². The highest BCUT2D eigenvalue weighted by Crippen LogP contribution is 2.46. The molecule has 4 rings (SSSR count). The number of rotatable bonds is 5. The second-order valence-corrected chi connectivity index (χ2v) is 6.55. The number of nitriles is 1. The summed E-state index contributed by atoms with van der Waals surface area (Å²) in [4.78, 5) is 10.8. The summed E-state index contributed by atoms with van der Waals surface area (Å²) in [5, 5.41) is 28.2. The van der Waals surface area contributed by atoms with Crippen LogP contribution in [0.4, 0.5) is 5.69 Å². The fraction of sp³-hybridized carbons (Fsp3) is 0.143. The van der Waals surface area contributed by atoms with Crippen LogP contribution in [0.2, 0.25) is 0 Å². The number of aromatic nitrogens is 2. The summed E-state index contributed by atoms with van der Waals surface area (Å²) < 4.78 is 11.0. The molecular formula is C21H17N5O4. The molecule has 0 saturated heterocycles. The molecule has 0 bridgehead atoms. The van der Waals surface area contributed by atoms with Crippen molar-refractivity contribution >= 4 is 5.69 Å². The monoisotopic (exact) mass is 403 g/mol. The third-order valence-corrected chi connectivity index (χ3v) is 4.81. The van der Waals surface area contributed by atoms with E-state index in [-0.39, 0.29) is 23.0 Å². The molecule has 0 fully saturated rings. The number of ether oxygens (including phenoxy) is 2. The molecular weight excluding hydrogens is 386 g/mol. The molecule has 1 aromatic heterocycles. The minimum atomic E-state index is -0.668. The fourth-order valence-electron chi connectivity index (χ4n) is 3.50. The minimum absolute atomic E-state index is 0.0775. The van der Waals surface area contributed by atoms with Crippen LogP contribution in [0, 0.1) is 21.4 Å². The maximum absolute atomic E-state index is 11.3. The SMILES string of the molecule is CCOc1ccc(-c2[nH]nc3c2[C@H](c2cccc([N+](=O)[O-])c2)C(C#N)=C(N)O3)cc1. The Kier molecular flexibility index (Phi) is 4.82. The molecule has 3 aromatic rings. The lowest BCUT2D eigenvalue weighted by atomic mass is 9.83. The third-order valence-electron chi connectivity index (χ3n) is 4.81. The lowest BCUT2D eigenvalue weighted by Gasteiger charge is -2.24. The molecule has 1 atom stereocenters. The van der Waals surface area contributed by atoms with E-state index in [1.54, 1.807) is 12.1 Å². The molecule has 9 heteroatoms. The van der Waals surface area contributed by atoms with Crippen molar-refractivity contribution in [3.05, 3.63) is 81.2 Å². The van der Waals surface area contributed by atoms with Crippen LogP contribution in [0.5, 0.6) is 11.6 Å². The van der Waals surface area contributed by atoms with Gasteiger partial charge in [-0.1, -0.05) is 12.1 Å². The second kappa shape index (κ2) is 7.60.